The van der Waals surface area contributed by atoms with Crippen molar-refractivity contribution in [2.75, 3.05) is 16.8 Å². The van der Waals surface area contributed by atoms with Gasteiger partial charge in [-0.1, -0.05) is 18.7 Å². The van der Waals surface area contributed by atoms with Crippen molar-refractivity contribution in [3.05, 3.63) is 46.6 Å². The molecule has 2 aromatic heterocycles. The summed E-state index contributed by atoms with van der Waals surface area (Å²) in [5.41, 5.74) is 1.07. The first kappa shape index (κ1) is 18.7. The van der Waals surface area contributed by atoms with E-state index in [1.54, 1.807) is 6.20 Å². The van der Waals surface area contributed by atoms with Crippen LogP contribution in [0.5, 0.6) is 11.8 Å². The lowest BCUT2D eigenvalue weighted by atomic mass is 10.3. The van der Waals surface area contributed by atoms with E-state index in [9.17, 15) is 10.2 Å². The molecule has 0 fully saturated rings. The third kappa shape index (κ3) is 4.17. The van der Waals surface area contributed by atoms with E-state index in [2.05, 4.69) is 28.3 Å². The summed E-state index contributed by atoms with van der Waals surface area (Å²) in [5.74, 6) is 1.26. The van der Waals surface area contributed by atoms with Gasteiger partial charge in [0, 0.05) is 43.2 Å². The lowest BCUT2D eigenvalue weighted by Crippen LogP contribution is -2.18. The number of nitriles is 1. The predicted octanol–water partition coefficient (Wildman–Crippen LogP) is 3.36. The summed E-state index contributed by atoms with van der Waals surface area (Å²) in [6.45, 7) is 3.10. The second-order valence-corrected chi connectivity index (χ2v) is 6.64. The Morgan fingerprint density at radius 2 is 2.07 bits per heavy atom. The number of rotatable bonds is 7. The van der Waals surface area contributed by atoms with Gasteiger partial charge in [-0.2, -0.15) is 10.2 Å². The Kier molecular flexibility index (Phi) is 5.88. The van der Waals surface area contributed by atoms with Crippen LogP contribution in [0.2, 0.25) is 0 Å². The van der Waals surface area contributed by atoms with Gasteiger partial charge in [0.1, 0.15) is 5.82 Å². The molecule has 1 aliphatic rings. The first-order chi connectivity index (χ1) is 13.1. The molecule has 0 radical (unpaired) electrons. The molecule has 0 saturated heterocycles. The van der Waals surface area contributed by atoms with Crippen LogP contribution in [-0.2, 0) is 6.54 Å². The maximum atomic E-state index is 9.64. The molecule has 0 amide bonds. The summed E-state index contributed by atoms with van der Waals surface area (Å²) in [6, 6.07) is 6.79. The van der Waals surface area contributed by atoms with Crippen molar-refractivity contribution >= 4 is 23.5 Å². The molecule has 2 aromatic rings. The maximum Gasteiger partial charge on any atom is 0.224 e. The molecule has 1 aliphatic heterocycles. The van der Waals surface area contributed by atoms with Crippen LogP contribution in [0, 0.1) is 11.3 Å². The Bertz CT molecular complexity index is 895. The molecule has 0 atom stereocenters. The predicted molar refractivity (Wildman–Crippen MR) is 105 cm³/mol. The lowest BCUT2D eigenvalue weighted by Gasteiger charge is -2.21. The number of aromatic hydroxyl groups is 2. The van der Waals surface area contributed by atoms with E-state index in [-0.39, 0.29) is 11.8 Å². The highest BCUT2D eigenvalue weighted by Gasteiger charge is 2.23. The van der Waals surface area contributed by atoms with Gasteiger partial charge in [0.05, 0.1) is 11.1 Å². The number of allylic oxidation sites excluding steroid dienone is 2. The summed E-state index contributed by atoms with van der Waals surface area (Å²) in [7, 11) is 0. The van der Waals surface area contributed by atoms with Gasteiger partial charge in [0.25, 0.3) is 0 Å². The molecule has 3 N–H and O–H groups in total. The number of aromatic nitrogens is 3. The van der Waals surface area contributed by atoms with E-state index in [0.717, 1.165) is 17.1 Å². The Hall–Kier alpha value is -3.12. The van der Waals surface area contributed by atoms with Gasteiger partial charge < -0.3 is 15.5 Å². The smallest absolute Gasteiger partial charge is 0.224 e. The third-order valence-electron chi connectivity index (χ3n) is 4.02. The second kappa shape index (κ2) is 8.51. The zero-order chi connectivity index (χ0) is 19.2. The van der Waals surface area contributed by atoms with Gasteiger partial charge in [-0.25, -0.2) is 4.98 Å². The molecule has 140 valence electrons. The van der Waals surface area contributed by atoms with Crippen molar-refractivity contribution in [2.24, 2.45) is 0 Å². The van der Waals surface area contributed by atoms with E-state index in [1.807, 2.05) is 16.4 Å². The van der Waals surface area contributed by atoms with Crippen LogP contribution in [-0.4, -0.2) is 31.3 Å². The van der Waals surface area contributed by atoms with Crippen molar-refractivity contribution < 1.29 is 10.2 Å². The Morgan fingerprint density at radius 3 is 2.78 bits per heavy atom. The SMILES string of the molecule is CCC1=CSC(=CC#N)N1c1ccnc(NCCCn2c(O)ccc2O)n1. The normalized spacial score (nSPS) is 15.0. The first-order valence-corrected chi connectivity index (χ1v) is 9.42. The van der Waals surface area contributed by atoms with Gasteiger partial charge in [0.15, 0.2) is 11.8 Å². The Morgan fingerprint density at radius 1 is 1.30 bits per heavy atom. The van der Waals surface area contributed by atoms with E-state index >= 15 is 0 Å². The largest absolute Gasteiger partial charge is 0.494 e. The average molecular weight is 384 g/mol. The standard InChI is InChI=1S/C18H20N6O2S/c1-2-13-12-27-17(6-8-19)24(13)14-7-10-21-18(22-14)20-9-3-11-23-15(25)4-5-16(23)26/h4-7,10,12,25-26H,2-3,9,11H2,1H3,(H,20,21,22). The molecule has 9 heteroatoms. The molecule has 0 bridgehead atoms. The minimum absolute atomic E-state index is 0.0352. The summed E-state index contributed by atoms with van der Waals surface area (Å²) < 4.78 is 1.43. The molecule has 3 rings (SSSR count). The molecule has 8 nitrogen and oxygen atoms in total. The van der Waals surface area contributed by atoms with Crippen LogP contribution in [0.3, 0.4) is 0 Å². The number of nitrogens with zero attached hydrogens (tertiary/aromatic N) is 5. The second-order valence-electron chi connectivity index (χ2n) is 5.75. The van der Waals surface area contributed by atoms with E-state index in [4.69, 9.17) is 5.26 Å². The van der Waals surface area contributed by atoms with Crippen LogP contribution in [0.15, 0.2) is 46.6 Å². The van der Waals surface area contributed by atoms with Gasteiger partial charge in [-0.15, -0.1) is 0 Å². The highest BCUT2D eigenvalue weighted by atomic mass is 32.2. The minimum atomic E-state index is 0.0352. The minimum Gasteiger partial charge on any atom is -0.494 e. The fourth-order valence-corrected chi connectivity index (χ4v) is 3.67. The van der Waals surface area contributed by atoms with Crippen LogP contribution < -0.4 is 10.2 Å². The van der Waals surface area contributed by atoms with E-state index in [1.165, 1.54) is 34.5 Å². The summed E-state index contributed by atoms with van der Waals surface area (Å²) in [5, 5.41) is 34.3. The topological polar surface area (TPSA) is 110 Å². The number of thioether (sulfide) groups is 1. The molecule has 27 heavy (non-hydrogen) atoms. The van der Waals surface area contributed by atoms with Crippen molar-refractivity contribution in [2.45, 2.75) is 26.3 Å². The van der Waals surface area contributed by atoms with Crippen LogP contribution >= 0.6 is 11.8 Å². The molecule has 0 unspecified atom stereocenters. The van der Waals surface area contributed by atoms with E-state index < -0.39 is 0 Å². The van der Waals surface area contributed by atoms with Crippen LogP contribution in [0.25, 0.3) is 0 Å². The Labute approximate surface area is 161 Å². The molecule has 3 heterocycles. The Balaban J connectivity index is 1.64. The summed E-state index contributed by atoms with van der Waals surface area (Å²) in [4.78, 5) is 10.7. The molecule has 0 aliphatic carbocycles. The summed E-state index contributed by atoms with van der Waals surface area (Å²) in [6.07, 6.45) is 4.68. The van der Waals surface area contributed by atoms with Crippen molar-refractivity contribution in [1.29, 1.82) is 5.26 Å². The molecule has 0 spiro atoms. The summed E-state index contributed by atoms with van der Waals surface area (Å²) >= 11 is 1.50. The van der Waals surface area contributed by atoms with E-state index in [0.29, 0.717) is 31.3 Å². The lowest BCUT2D eigenvalue weighted by molar-refractivity contribution is 0.366. The van der Waals surface area contributed by atoms with Gasteiger partial charge >= 0.3 is 0 Å². The van der Waals surface area contributed by atoms with Crippen molar-refractivity contribution in [3.63, 3.8) is 0 Å². The number of nitrogens with one attached hydrogen (secondary N) is 1. The van der Waals surface area contributed by atoms with Gasteiger partial charge in [-0.3, -0.25) is 9.47 Å². The highest BCUT2D eigenvalue weighted by Crippen LogP contribution is 2.38. The van der Waals surface area contributed by atoms with Crippen molar-refractivity contribution in [1.82, 2.24) is 14.5 Å². The fourth-order valence-electron chi connectivity index (χ4n) is 2.70. The number of hydrogen-bond donors (Lipinski definition) is 3. The quantitative estimate of drug-likeness (QED) is 0.492. The number of hydrogen-bond acceptors (Lipinski definition) is 8. The molecule has 0 aromatic carbocycles. The maximum absolute atomic E-state index is 9.64. The average Bonchev–Trinajstić information content (AvgIpc) is 3.23. The van der Waals surface area contributed by atoms with Crippen LogP contribution in [0.1, 0.15) is 19.8 Å². The van der Waals surface area contributed by atoms with Gasteiger partial charge in [-0.05, 0) is 24.3 Å². The zero-order valence-electron chi connectivity index (χ0n) is 14.8. The van der Waals surface area contributed by atoms with Gasteiger partial charge in [0.2, 0.25) is 5.95 Å². The first-order valence-electron chi connectivity index (χ1n) is 8.54. The monoisotopic (exact) mass is 384 g/mol. The van der Waals surface area contributed by atoms with Crippen molar-refractivity contribution in [3.8, 4) is 17.8 Å². The highest BCUT2D eigenvalue weighted by molar-refractivity contribution is 8.06. The zero-order valence-corrected chi connectivity index (χ0v) is 15.6. The third-order valence-corrected chi connectivity index (χ3v) is 4.95. The molecule has 0 saturated carbocycles. The fraction of sp³-hybridized carbons (Fsp3) is 0.278. The number of anilines is 2. The van der Waals surface area contributed by atoms with Crippen LogP contribution in [0.4, 0.5) is 11.8 Å². The molecular weight excluding hydrogens is 364 g/mol. The molecular formula is C18H20N6O2S.